The Balaban J connectivity index is 1.49. The highest BCUT2D eigenvalue weighted by molar-refractivity contribution is 7.99. The van der Waals surface area contributed by atoms with Crippen LogP contribution in [0.3, 0.4) is 0 Å². The molecular weight excluding hydrogens is 402 g/mol. The predicted molar refractivity (Wildman–Crippen MR) is 122 cm³/mol. The van der Waals surface area contributed by atoms with Crippen LogP contribution in [0.25, 0.3) is 10.7 Å². The van der Waals surface area contributed by atoms with Gasteiger partial charge in [0.1, 0.15) is 0 Å². The topological polar surface area (TPSA) is 63.1 Å². The van der Waals surface area contributed by atoms with E-state index in [9.17, 15) is 4.79 Å². The summed E-state index contributed by atoms with van der Waals surface area (Å²) < 4.78 is 2.06. The van der Waals surface area contributed by atoms with Crippen molar-refractivity contribution in [3.63, 3.8) is 0 Å². The number of hydrogen-bond acceptors (Lipinski definition) is 6. The molecule has 0 radical (unpaired) electrons. The van der Waals surface area contributed by atoms with E-state index in [1.165, 1.54) is 23.0 Å². The van der Waals surface area contributed by atoms with Crippen molar-refractivity contribution in [3.05, 3.63) is 47.3 Å². The fraction of sp³-hybridized carbons (Fsp3) is 0.381. The molecule has 3 aromatic rings. The van der Waals surface area contributed by atoms with Crippen molar-refractivity contribution in [2.45, 2.75) is 32.5 Å². The molecular formula is C21H27N5OS2. The number of rotatable bonds is 10. The third-order valence-electron chi connectivity index (χ3n) is 4.56. The average molecular weight is 430 g/mol. The monoisotopic (exact) mass is 429 g/mol. The van der Waals surface area contributed by atoms with Gasteiger partial charge in [0.2, 0.25) is 5.91 Å². The van der Waals surface area contributed by atoms with Crippen LogP contribution in [0.5, 0.6) is 0 Å². The fourth-order valence-corrected chi connectivity index (χ4v) is 4.62. The molecule has 1 amide bonds. The van der Waals surface area contributed by atoms with E-state index >= 15 is 0 Å². The molecule has 0 fully saturated rings. The molecule has 2 heterocycles. The molecule has 6 nitrogen and oxygen atoms in total. The van der Waals surface area contributed by atoms with E-state index in [1.807, 2.05) is 17.5 Å². The summed E-state index contributed by atoms with van der Waals surface area (Å²) in [5.41, 5.74) is 2.43. The van der Waals surface area contributed by atoms with Gasteiger partial charge in [-0.1, -0.05) is 30.0 Å². The number of carbonyl (C=O) groups excluding carboxylic acids is 1. The van der Waals surface area contributed by atoms with Crippen LogP contribution in [0.1, 0.15) is 19.4 Å². The molecule has 1 N–H and O–H groups in total. The Morgan fingerprint density at radius 3 is 2.79 bits per heavy atom. The van der Waals surface area contributed by atoms with Gasteiger partial charge >= 0.3 is 0 Å². The lowest BCUT2D eigenvalue weighted by molar-refractivity contribution is -0.118. The first-order valence-corrected chi connectivity index (χ1v) is 11.7. The van der Waals surface area contributed by atoms with Gasteiger partial charge in [-0.25, -0.2) is 0 Å². The molecule has 29 heavy (non-hydrogen) atoms. The number of nitrogens with zero attached hydrogens (tertiary/aromatic N) is 4. The number of hydrogen-bond donors (Lipinski definition) is 1. The zero-order valence-corrected chi connectivity index (χ0v) is 18.7. The summed E-state index contributed by atoms with van der Waals surface area (Å²) in [6.07, 6.45) is 0. The maximum absolute atomic E-state index is 12.3. The normalized spacial score (nSPS) is 10.9. The van der Waals surface area contributed by atoms with Crippen LogP contribution >= 0.6 is 23.1 Å². The summed E-state index contributed by atoms with van der Waals surface area (Å²) in [4.78, 5) is 15.7. The van der Waals surface area contributed by atoms with Crippen molar-refractivity contribution in [2.24, 2.45) is 0 Å². The maximum Gasteiger partial charge on any atom is 0.230 e. The molecule has 0 aliphatic carbocycles. The summed E-state index contributed by atoms with van der Waals surface area (Å²) in [6, 6.07) is 12.5. The quantitative estimate of drug-likeness (QED) is 0.492. The molecule has 0 aliphatic heterocycles. The van der Waals surface area contributed by atoms with Gasteiger partial charge < -0.3 is 14.8 Å². The number of thiophene rings is 1. The summed E-state index contributed by atoms with van der Waals surface area (Å²) in [5.74, 6) is 1.21. The molecule has 0 spiro atoms. The van der Waals surface area contributed by atoms with Gasteiger partial charge in [-0.3, -0.25) is 4.79 Å². The van der Waals surface area contributed by atoms with Gasteiger partial charge in [-0.15, -0.1) is 21.5 Å². The first kappa shape index (κ1) is 21.4. The Hall–Kier alpha value is -2.32. The molecule has 0 bridgehead atoms. The second kappa shape index (κ2) is 10.5. The summed E-state index contributed by atoms with van der Waals surface area (Å²) in [5, 5.41) is 14.4. The molecule has 154 valence electrons. The second-order valence-electron chi connectivity index (χ2n) is 6.59. The number of aryl methyl sites for hydroxylation is 1. The predicted octanol–water partition coefficient (Wildman–Crippen LogP) is 4.07. The van der Waals surface area contributed by atoms with Gasteiger partial charge in [0, 0.05) is 31.9 Å². The minimum absolute atomic E-state index is 0.0126. The number of nitrogens with one attached hydrogen (secondary N) is 1. The van der Waals surface area contributed by atoms with Crippen LogP contribution in [-0.2, 0) is 11.3 Å². The SMILES string of the molecule is CCN(CCNC(=O)CSc1nnc(-c2cccs2)n1CC)c1cccc(C)c1. The summed E-state index contributed by atoms with van der Waals surface area (Å²) in [7, 11) is 0. The smallest absolute Gasteiger partial charge is 0.230 e. The number of likely N-dealkylation sites (N-methyl/N-ethyl adjacent to an activating group) is 1. The Labute approximate surface area is 180 Å². The Morgan fingerprint density at radius 2 is 2.10 bits per heavy atom. The maximum atomic E-state index is 12.3. The lowest BCUT2D eigenvalue weighted by Gasteiger charge is -2.23. The molecule has 2 aromatic heterocycles. The Morgan fingerprint density at radius 1 is 1.24 bits per heavy atom. The van der Waals surface area contributed by atoms with Crippen molar-refractivity contribution >= 4 is 34.7 Å². The molecule has 8 heteroatoms. The second-order valence-corrected chi connectivity index (χ2v) is 8.48. The van der Waals surface area contributed by atoms with E-state index in [2.05, 4.69) is 70.0 Å². The van der Waals surface area contributed by atoms with Crippen molar-refractivity contribution in [1.29, 1.82) is 0 Å². The van der Waals surface area contributed by atoms with E-state index in [0.717, 1.165) is 35.5 Å². The highest BCUT2D eigenvalue weighted by Crippen LogP contribution is 2.27. The Bertz CT molecular complexity index is 923. The fourth-order valence-electron chi connectivity index (χ4n) is 3.07. The summed E-state index contributed by atoms with van der Waals surface area (Å²) in [6.45, 7) is 9.35. The number of anilines is 1. The lowest BCUT2D eigenvalue weighted by atomic mass is 10.2. The molecule has 0 atom stereocenters. The van der Waals surface area contributed by atoms with Gasteiger partial charge in [0.05, 0.1) is 10.6 Å². The standard InChI is InChI=1S/C21H27N5OS2/c1-4-25(17-9-6-8-16(3)14-17)12-11-22-19(27)15-29-21-24-23-20(26(21)5-2)18-10-7-13-28-18/h6-10,13-14H,4-5,11-12,15H2,1-3H3,(H,22,27). The van der Waals surface area contributed by atoms with E-state index in [1.54, 1.807) is 11.3 Å². The number of carbonyl (C=O) groups is 1. The van der Waals surface area contributed by atoms with Crippen LogP contribution in [0.15, 0.2) is 46.9 Å². The van der Waals surface area contributed by atoms with Crippen LogP contribution < -0.4 is 10.2 Å². The molecule has 0 saturated carbocycles. The van der Waals surface area contributed by atoms with Gasteiger partial charge in [-0.05, 0) is 49.9 Å². The zero-order valence-electron chi connectivity index (χ0n) is 17.1. The third-order valence-corrected chi connectivity index (χ3v) is 6.39. The molecule has 0 saturated heterocycles. The minimum Gasteiger partial charge on any atom is -0.370 e. The highest BCUT2D eigenvalue weighted by Gasteiger charge is 2.15. The van der Waals surface area contributed by atoms with Crippen molar-refractivity contribution < 1.29 is 4.79 Å². The van der Waals surface area contributed by atoms with Gasteiger partial charge in [-0.2, -0.15) is 0 Å². The van der Waals surface area contributed by atoms with Crippen molar-refractivity contribution in [3.8, 4) is 10.7 Å². The highest BCUT2D eigenvalue weighted by atomic mass is 32.2. The van der Waals surface area contributed by atoms with Crippen LogP contribution in [0.4, 0.5) is 5.69 Å². The first-order valence-electron chi connectivity index (χ1n) is 9.80. The Kier molecular flexibility index (Phi) is 7.71. The third kappa shape index (κ3) is 5.61. The summed E-state index contributed by atoms with van der Waals surface area (Å²) >= 11 is 3.07. The van der Waals surface area contributed by atoms with E-state index in [4.69, 9.17) is 0 Å². The largest absolute Gasteiger partial charge is 0.370 e. The number of benzene rings is 1. The van der Waals surface area contributed by atoms with E-state index in [-0.39, 0.29) is 5.91 Å². The van der Waals surface area contributed by atoms with Crippen molar-refractivity contribution in [1.82, 2.24) is 20.1 Å². The number of amides is 1. The molecule has 0 aliphatic rings. The average Bonchev–Trinajstić information content (AvgIpc) is 3.38. The number of aromatic nitrogens is 3. The van der Waals surface area contributed by atoms with Crippen LogP contribution in [0, 0.1) is 6.92 Å². The molecule has 1 aromatic carbocycles. The van der Waals surface area contributed by atoms with Crippen LogP contribution in [-0.4, -0.2) is 46.1 Å². The zero-order chi connectivity index (χ0) is 20.6. The van der Waals surface area contributed by atoms with Crippen LogP contribution in [0.2, 0.25) is 0 Å². The lowest BCUT2D eigenvalue weighted by Crippen LogP contribution is -2.35. The van der Waals surface area contributed by atoms with Gasteiger partial charge in [0.15, 0.2) is 11.0 Å². The van der Waals surface area contributed by atoms with E-state index in [0.29, 0.717) is 12.3 Å². The minimum atomic E-state index is 0.0126. The van der Waals surface area contributed by atoms with Gasteiger partial charge in [0.25, 0.3) is 0 Å². The number of thioether (sulfide) groups is 1. The molecule has 0 unspecified atom stereocenters. The first-order chi connectivity index (χ1) is 14.1. The van der Waals surface area contributed by atoms with E-state index < -0.39 is 0 Å². The van der Waals surface area contributed by atoms with Crippen molar-refractivity contribution in [2.75, 3.05) is 30.3 Å². The molecule has 3 rings (SSSR count).